The molecule has 1 saturated carbocycles. The smallest absolute Gasteiger partial charge is 0.116 e. The molecule has 2 saturated heterocycles. The number of phenolic OH excluding ortho intramolecular Hbond substituents is 1. The molecule has 5 rings (SSSR count). The van der Waals surface area contributed by atoms with Crippen LogP contribution in [0.2, 0.25) is 0 Å². The van der Waals surface area contributed by atoms with E-state index in [2.05, 4.69) is 31.7 Å². The molecule has 3 fully saturated rings. The van der Waals surface area contributed by atoms with Crippen LogP contribution in [-0.2, 0) is 0 Å². The summed E-state index contributed by atoms with van der Waals surface area (Å²) in [7, 11) is 0. The quantitative estimate of drug-likeness (QED) is 0.794. The fourth-order valence-electron chi connectivity index (χ4n) is 6.13. The van der Waals surface area contributed by atoms with E-state index < -0.39 is 0 Å². The van der Waals surface area contributed by atoms with E-state index in [0.29, 0.717) is 5.75 Å². The maximum absolute atomic E-state index is 10.1. The second-order valence-corrected chi connectivity index (χ2v) is 8.60. The Bertz CT molecular complexity index is 677. The standard InChI is InChI=1S/C23H33NO/c1-4-6-19-20(21-13-18(25)8-7-15(21)3)9-10-24-14-16-11-17(5-2)23(24)22(19)12-16/h7-8,13,16-17,22-23,25H,4-6,9-12,14H2,1-3H3. The molecule has 0 amide bonds. The van der Waals surface area contributed by atoms with Crippen LogP contribution in [0.1, 0.15) is 63.5 Å². The normalized spacial score (nSPS) is 34.3. The first-order chi connectivity index (χ1) is 12.1. The number of aryl methyl sites for hydroxylation is 1. The van der Waals surface area contributed by atoms with E-state index in [1.54, 1.807) is 11.1 Å². The molecule has 1 N–H and O–H groups in total. The van der Waals surface area contributed by atoms with Gasteiger partial charge in [0.05, 0.1) is 0 Å². The molecular formula is C23H33NO. The first-order valence-corrected chi connectivity index (χ1v) is 10.4. The van der Waals surface area contributed by atoms with Crippen molar-refractivity contribution >= 4 is 5.57 Å². The first-order valence-electron chi connectivity index (χ1n) is 10.4. The van der Waals surface area contributed by atoms with Crippen molar-refractivity contribution in [2.75, 3.05) is 13.1 Å². The maximum atomic E-state index is 10.1. The zero-order valence-electron chi connectivity index (χ0n) is 16.1. The van der Waals surface area contributed by atoms with Crippen LogP contribution in [0.15, 0.2) is 23.8 Å². The van der Waals surface area contributed by atoms with Gasteiger partial charge in [0.25, 0.3) is 0 Å². The van der Waals surface area contributed by atoms with Gasteiger partial charge in [-0.2, -0.15) is 0 Å². The van der Waals surface area contributed by atoms with Gasteiger partial charge in [0.1, 0.15) is 5.75 Å². The van der Waals surface area contributed by atoms with E-state index in [0.717, 1.165) is 30.2 Å². The number of piperidine rings is 2. The number of nitrogens with zero attached hydrogens (tertiary/aromatic N) is 1. The van der Waals surface area contributed by atoms with E-state index >= 15 is 0 Å². The molecule has 2 heteroatoms. The van der Waals surface area contributed by atoms with Crippen molar-refractivity contribution in [3.05, 3.63) is 34.9 Å². The molecule has 5 atom stereocenters. The fraction of sp³-hybridized carbons (Fsp3) is 0.652. The molecule has 0 radical (unpaired) electrons. The van der Waals surface area contributed by atoms with Gasteiger partial charge in [-0.1, -0.05) is 38.3 Å². The highest BCUT2D eigenvalue weighted by Crippen LogP contribution is 2.51. The van der Waals surface area contributed by atoms with Gasteiger partial charge < -0.3 is 5.11 Å². The Hall–Kier alpha value is -1.28. The third-order valence-corrected chi connectivity index (χ3v) is 7.11. The maximum Gasteiger partial charge on any atom is 0.116 e. The van der Waals surface area contributed by atoms with Crippen molar-refractivity contribution in [1.82, 2.24) is 4.90 Å². The number of hydrogen-bond acceptors (Lipinski definition) is 2. The van der Waals surface area contributed by atoms with E-state index in [4.69, 9.17) is 0 Å². The summed E-state index contributed by atoms with van der Waals surface area (Å²) in [6.45, 7) is 9.43. The highest BCUT2D eigenvalue weighted by atomic mass is 16.3. The molecular weight excluding hydrogens is 306 g/mol. The Balaban J connectivity index is 1.82. The minimum atomic E-state index is 0.407. The van der Waals surface area contributed by atoms with Crippen LogP contribution in [0.3, 0.4) is 0 Å². The molecule has 1 aromatic rings. The average Bonchev–Trinajstić information content (AvgIpc) is 2.73. The molecule has 4 aliphatic rings. The summed E-state index contributed by atoms with van der Waals surface area (Å²) < 4.78 is 0. The number of aromatic hydroxyl groups is 1. The Morgan fingerprint density at radius 1 is 1.20 bits per heavy atom. The average molecular weight is 340 g/mol. The van der Waals surface area contributed by atoms with Crippen molar-refractivity contribution in [3.63, 3.8) is 0 Å². The van der Waals surface area contributed by atoms with Gasteiger partial charge in [0.15, 0.2) is 0 Å². The summed E-state index contributed by atoms with van der Waals surface area (Å²) in [6, 6.07) is 6.69. The van der Waals surface area contributed by atoms with Crippen LogP contribution >= 0.6 is 0 Å². The molecule has 25 heavy (non-hydrogen) atoms. The number of hydrogen-bond donors (Lipinski definition) is 1. The van der Waals surface area contributed by atoms with Crippen LogP contribution in [-0.4, -0.2) is 29.1 Å². The highest BCUT2D eigenvalue weighted by molar-refractivity contribution is 5.73. The first kappa shape index (κ1) is 17.1. The lowest BCUT2D eigenvalue weighted by molar-refractivity contribution is -0.0275. The predicted octanol–water partition coefficient (Wildman–Crippen LogP) is 5.39. The summed E-state index contributed by atoms with van der Waals surface area (Å²) in [6.07, 6.45) is 7.77. The van der Waals surface area contributed by atoms with E-state index in [1.165, 1.54) is 56.3 Å². The molecule has 1 aromatic carbocycles. The molecule has 2 nitrogen and oxygen atoms in total. The van der Waals surface area contributed by atoms with Crippen molar-refractivity contribution < 1.29 is 5.11 Å². The molecule has 136 valence electrons. The Morgan fingerprint density at radius 3 is 2.80 bits per heavy atom. The number of fused-ring (bicyclic) bond motifs is 1. The van der Waals surface area contributed by atoms with Crippen molar-refractivity contribution in [3.8, 4) is 5.75 Å². The molecule has 5 unspecified atom stereocenters. The van der Waals surface area contributed by atoms with Crippen LogP contribution in [0.5, 0.6) is 5.75 Å². The summed E-state index contributed by atoms with van der Waals surface area (Å²) in [5.74, 6) is 2.94. The van der Waals surface area contributed by atoms with Crippen LogP contribution in [0, 0.1) is 24.7 Å². The number of phenols is 1. The summed E-state index contributed by atoms with van der Waals surface area (Å²) in [5, 5.41) is 10.1. The minimum absolute atomic E-state index is 0.407. The Labute approximate surface area is 152 Å². The summed E-state index contributed by atoms with van der Waals surface area (Å²) in [5.41, 5.74) is 5.91. The predicted molar refractivity (Wildman–Crippen MR) is 105 cm³/mol. The molecule has 0 aromatic heterocycles. The topological polar surface area (TPSA) is 23.5 Å². The van der Waals surface area contributed by atoms with Gasteiger partial charge in [-0.25, -0.2) is 0 Å². The lowest BCUT2D eigenvalue weighted by atomic mass is 9.63. The van der Waals surface area contributed by atoms with Crippen LogP contribution in [0.25, 0.3) is 5.57 Å². The van der Waals surface area contributed by atoms with Crippen molar-refractivity contribution in [2.45, 2.75) is 65.3 Å². The third-order valence-electron chi connectivity index (χ3n) is 7.11. The zero-order chi connectivity index (χ0) is 17.6. The monoisotopic (exact) mass is 339 g/mol. The van der Waals surface area contributed by atoms with Gasteiger partial charge in [-0.15, -0.1) is 0 Å². The van der Waals surface area contributed by atoms with E-state index in [9.17, 15) is 5.11 Å². The molecule has 3 aliphatic heterocycles. The molecule has 4 bridgehead atoms. The SMILES string of the molecule is CCCC1=C(c2cc(O)ccc2C)CCN2CC3CC(CC)C2C1C3. The summed E-state index contributed by atoms with van der Waals surface area (Å²) >= 11 is 0. The number of benzene rings is 1. The van der Waals surface area contributed by atoms with Gasteiger partial charge in [-0.05, 0) is 79.2 Å². The van der Waals surface area contributed by atoms with Gasteiger partial charge in [0, 0.05) is 19.1 Å². The second kappa shape index (κ2) is 6.79. The second-order valence-electron chi connectivity index (χ2n) is 8.60. The third kappa shape index (κ3) is 2.93. The molecule has 3 heterocycles. The van der Waals surface area contributed by atoms with Gasteiger partial charge in [0.2, 0.25) is 0 Å². The lowest BCUT2D eigenvalue weighted by Crippen LogP contribution is -2.57. The van der Waals surface area contributed by atoms with Crippen LogP contribution < -0.4 is 0 Å². The van der Waals surface area contributed by atoms with E-state index in [1.807, 2.05) is 12.1 Å². The lowest BCUT2D eigenvalue weighted by Gasteiger charge is -2.54. The minimum Gasteiger partial charge on any atom is -0.508 e. The fourth-order valence-corrected chi connectivity index (χ4v) is 6.13. The summed E-state index contributed by atoms with van der Waals surface area (Å²) in [4.78, 5) is 2.83. The zero-order valence-corrected chi connectivity index (χ0v) is 16.1. The number of rotatable bonds is 4. The Morgan fingerprint density at radius 2 is 2.04 bits per heavy atom. The van der Waals surface area contributed by atoms with E-state index in [-0.39, 0.29) is 0 Å². The van der Waals surface area contributed by atoms with Crippen LogP contribution in [0.4, 0.5) is 0 Å². The highest BCUT2D eigenvalue weighted by Gasteiger charge is 2.48. The van der Waals surface area contributed by atoms with Crippen molar-refractivity contribution in [1.29, 1.82) is 0 Å². The molecule has 1 aliphatic carbocycles. The van der Waals surface area contributed by atoms with Gasteiger partial charge >= 0.3 is 0 Å². The van der Waals surface area contributed by atoms with Gasteiger partial charge in [-0.3, -0.25) is 4.90 Å². The Kier molecular flexibility index (Phi) is 4.66. The molecule has 0 spiro atoms. The van der Waals surface area contributed by atoms with Crippen molar-refractivity contribution in [2.24, 2.45) is 17.8 Å². The largest absolute Gasteiger partial charge is 0.508 e.